The second-order valence-corrected chi connectivity index (χ2v) is 5.19. The lowest BCUT2D eigenvalue weighted by Crippen LogP contribution is -2.15. The average molecular weight is 284 g/mol. The Labute approximate surface area is 119 Å². The molecule has 0 saturated heterocycles. The van der Waals surface area contributed by atoms with Gasteiger partial charge in [-0.05, 0) is 42.4 Å². The number of nitrogen functional groups attached to an aromatic ring is 1. The Hall–Kier alpha value is -2.41. The minimum Gasteiger partial charge on any atom is -0.384 e. The van der Waals surface area contributed by atoms with E-state index in [0.717, 1.165) is 11.2 Å². The predicted molar refractivity (Wildman–Crippen MR) is 77.1 cm³/mol. The fourth-order valence-corrected chi connectivity index (χ4v) is 2.91. The number of aryl methyl sites for hydroxylation is 1. The molecule has 3 heterocycles. The van der Waals surface area contributed by atoms with E-state index in [1.807, 2.05) is 41.8 Å². The summed E-state index contributed by atoms with van der Waals surface area (Å²) in [6.45, 7) is 1.91. The van der Waals surface area contributed by atoms with Gasteiger partial charge in [0, 0.05) is 12.4 Å². The van der Waals surface area contributed by atoms with Crippen molar-refractivity contribution in [2.24, 2.45) is 5.73 Å². The molecule has 0 aliphatic carbocycles. The van der Waals surface area contributed by atoms with Crippen LogP contribution in [0.1, 0.15) is 11.1 Å². The molecular weight excluding hydrogens is 272 g/mol. The molecule has 0 aliphatic rings. The monoisotopic (exact) mass is 284 g/mol. The molecule has 0 amide bonds. The van der Waals surface area contributed by atoms with Crippen LogP contribution < -0.4 is 5.73 Å². The Morgan fingerprint density at radius 3 is 2.95 bits per heavy atom. The van der Waals surface area contributed by atoms with Crippen LogP contribution in [-0.2, 0) is 0 Å². The molecule has 20 heavy (non-hydrogen) atoms. The maximum atomic E-state index is 7.69. The fraction of sp³-hybridized carbons (Fsp3) is 0.0769. The molecule has 0 fully saturated rings. The lowest BCUT2D eigenvalue weighted by atomic mass is 10.1. The average Bonchev–Trinajstić information content (AvgIpc) is 2.82. The Kier molecular flexibility index (Phi) is 3.11. The van der Waals surface area contributed by atoms with Gasteiger partial charge in [0.25, 0.3) is 0 Å². The largest absolute Gasteiger partial charge is 0.384 e. The van der Waals surface area contributed by atoms with Crippen molar-refractivity contribution >= 4 is 23.2 Å². The van der Waals surface area contributed by atoms with Crippen molar-refractivity contribution in [2.45, 2.75) is 17.1 Å². The molecule has 0 spiro atoms. The number of amidine groups is 1. The number of aromatic nitrogens is 4. The number of nitrogens with one attached hydrogen (secondary N) is 1. The summed E-state index contributed by atoms with van der Waals surface area (Å²) in [5.74, 6) is 0.00641. The molecular formula is C13H12N6S. The van der Waals surface area contributed by atoms with Crippen LogP contribution in [0.25, 0.3) is 5.65 Å². The fourth-order valence-electron chi connectivity index (χ4n) is 1.91. The number of nitrogens with two attached hydrogens (primary N) is 1. The smallest absolute Gasteiger partial charge is 0.201 e. The molecule has 3 aromatic rings. The lowest BCUT2D eigenvalue weighted by molar-refractivity contribution is 0.915. The van der Waals surface area contributed by atoms with Crippen LogP contribution in [0.5, 0.6) is 0 Å². The SMILES string of the molecule is Cc1ccnc(Sc2nnc3ccccn23)c1C(=N)N. The van der Waals surface area contributed by atoms with E-state index < -0.39 is 0 Å². The molecule has 0 saturated carbocycles. The summed E-state index contributed by atoms with van der Waals surface area (Å²) in [5, 5.41) is 17.3. The number of pyridine rings is 2. The zero-order chi connectivity index (χ0) is 14.1. The van der Waals surface area contributed by atoms with Gasteiger partial charge >= 0.3 is 0 Å². The van der Waals surface area contributed by atoms with Gasteiger partial charge in [-0.15, -0.1) is 10.2 Å². The molecule has 0 unspecified atom stereocenters. The Morgan fingerprint density at radius 1 is 1.30 bits per heavy atom. The molecule has 3 N–H and O–H groups in total. The van der Waals surface area contributed by atoms with Gasteiger partial charge in [0.15, 0.2) is 5.65 Å². The normalized spacial score (nSPS) is 10.8. The maximum absolute atomic E-state index is 7.69. The quantitative estimate of drug-likeness (QED) is 0.565. The number of fused-ring (bicyclic) bond motifs is 1. The van der Waals surface area contributed by atoms with E-state index in [-0.39, 0.29) is 5.84 Å². The van der Waals surface area contributed by atoms with Crippen LogP contribution in [0.2, 0.25) is 0 Å². The van der Waals surface area contributed by atoms with Gasteiger partial charge < -0.3 is 5.73 Å². The van der Waals surface area contributed by atoms with E-state index in [9.17, 15) is 0 Å². The molecule has 7 heteroatoms. The highest BCUT2D eigenvalue weighted by Gasteiger charge is 2.14. The van der Waals surface area contributed by atoms with Crippen LogP contribution in [0.15, 0.2) is 46.8 Å². The van der Waals surface area contributed by atoms with Crippen molar-refractivity contribution in [1.29, 1.82) is 5.41 Å². The van der Waals surface area contributed by atoms with Gasteiger partial charge in [-0.25, -0.2) is 4.98 Å². The summed E-state index contributed by atoms with van der Waals surface area (Å²) >= 11 is 1.35. The van der Waals surface area contributed by atoms with Gasteiger partial charge in [0.1, 0.15) is 10.9 Å². The van der Waals surface area contributed by atoms with Gasteiger partial charge in [0.05, 0.1) is 5.56 Å². The second-order valence-electron chi connectivity index (χ2n) is 4.24. The van der Waals surface area contributed by atoms with Crippen molar-refractivity contribution in [3.8, 4) is 0 Å². The van der Waals surface area contributed by atoms with Gasteiger partial charge in [-0.2, -0.15) is 0 Å². The van der Waals surface area contributed by atoms with Crippen LogP contribution in [-0.4, -0.2) is 25.4 Å². The van der Waals surface area contributed by atoms with Gasteiger partial charge in [0.2, 0.25) is 5.16 Å². The molecule has 0 bridgehead atoms. The predicted octanol–water partition coefficient (Wildman–Crippen LogP) is 1.87. The van der Waals surface area contributed by atoms with Crippen molar-refractivity contribution in [3.05, 3.63) is 47.8 Å². The number of hydrogen-bond donors (Lipinski definition) is 2. The van der Waals surface area contributed by atoms with Crippen LogP contribution >= 0.6 is 11.8 Å². The van der Waals surface area contributed by atoms with Crippen LogP contribution in [0.3, 0.4) is 0 Å². The molecule has 100 valence electrons. The molecule has 3 aromatic heterocycles. The Bertz CT molecular complexity index is 794. The third-order valence-corrected chi connectivity index (χ3v) is 3.83. The van der Waals surface area contributed by atoms with E-state index >= 15 is 0 Å². The molecule has 6 nitrogen and oxygen atoms in total. The Balaban J connectivity index is 2.08. The zero-order valence-electron chi connectivity index (χ0n) is 10.7. The minimum absolute atomic E-state index is 0.00641. The highest BCUT2D eigenvalue weighted by Crippen LogP contribution is 2.28. The lowest BCUT2D eigenvalue weighted by Gasteiger charge is -2.08. The highest BCUT2D eigenvalue weighted by atomic mass is 32.2. The summed E-state index contributed by atoms with van der Waals surface area (Å²) < 4.78 is 1.87. The first-order chi connectivity index (χ1) is 9.66. The molecule has 0 radical (unpaired) electrons. The number of rotatable bonds is 3. The van der Waals surface area contributed by atoms with Crippen LogP contribution in [0.4, 0.5) is 0 Å². The van der Waals surface area contributed by atoms with E-state index in [0.29, 0.717) is 15.7 Å². The van der Waals surface area contributed by atoms with E-state index in [1.165, 1.54) is 11.8 Å². The second kappa shape index (κ2) is 4.93. The van der Waals surface area contributed by atoms with Gasteiger partial charge in [-0.3, -0.25) is 9.81 Å². The zero-order valence-corrected chi connectivity index (χ0v) is 11.6. The number of hydrogen-bond acceptors (Lipinski definition) is 5. The first kappa shape index (κ1) is 12.6. The van der Waals surface area contributed by atoms with Crippen molar-refractivity contribution in [1.82, 2.24) is 19.6 Å². The van der Waals surface area contributed by atoms with Crippen LogP contribution in [0, 0.1) is 12.3 Å². The third kappa shape index (κ3) is 2.12. The summed E-state index contributed by atoms with van der Waals surface area (Å²) in [6.07, 6.45) is 3.59. The third-order valence-electron chi connectivity index (χ3n) is 2.86. The standard InChI is InChI=1S/C13H12N6S/c1-8-5-6-16-12(10(8)11(14)15)20-13-18-17-9-4-2-3-7-19(9)13/h2-7H,1H3,(H3,14,15). The van der Waals surface area contributed by atoms with Gasteiger partial charge in [-0.1, -0.05) is 6.07 Å². The van der Waals surface area contributed by atoms with Crippen molar-refractivity contribution in [3.63, 3.8) is 0 Å². The summed E-state index contributed by atoms with van der Waals surface area (Å²) in [4.78, 5) is 4.30. The molecule has 0 aliphatic heterocycles. The number of nitrogens with zero attached hydrogens (tertiary/aromatic N) is 4. The Morgan fingerprint density at radius 2 is 2.15 bits per heavy atom. The molecule has 0 aromatic carbocycles. The van der Waals surface area contributed by atoms with Crippen molar-refractivity contribution in [2.75, 3.05) is 0 Å². The first-order valence-corrected chi connectivity index (χ1v) is 6.76. The molecule has 3 rings (SSSR count). The minimum atomic E-state index is 0.00641. The van der Waals surface area contributed by atoms with E-state index in [2.05, 4.69) is 15.2 Å². The van der Waals surface area contributed by atoms with E-state index in [1.54, 1.807) is 6.20 Å². The molecule has 0 atom stereocenters. The first-order valence-electron chi connectivity index (χ1n) is 5.94. The highest BCUT2D eigenvalue weighted by molar-refractivity contribution is 7.99. The topological polar surface area (TPSA) is 93.0 Å². The van der Waals surface area contributed by atoms with Crippen molar-refractivity contribution < 1.29 is 0 Å². The summed E-state index contributed by atoms with van der Waals surface area (Å²) in [5.41, 5.74) is 7.98. The summed E-state index contributed by atoms with van der Waals surface area (Å²) in [6, 6.07) is 7.54. The summed E-state index contributed by atoms with van der Waals surface area (Å²) in [7, 11) is 0. The van der Waals surface area contributed by atoms with E-state index in [4.69, 9.17) is 11.1 Å². The maximum Gasteiger partial charge on any atom is 0.201 e.